The number of thioether (sulfide) groups is 1. The number of rotatable bonds is 6. The van der Waals surface area contributed by atoms with Crippen molar-refractivity contribution in [1.82, 2.24) is 20.2 Å². The molecule has 0 radical (unpaired) electrons. The van der Waals surface area contributed by atoms with Crippen LogP contribution in [0.2, 0.25) is 0 Å². The van der Waals surface area contributed by atoms with Gasteiger partial charge in [-0.3, -0.25) is 4.79 Å². The lowest BCUT2D eigenvalue weighted by Gasteiger charge is -2.10. The van der Waals surface area contributed by atoms with Crippen molar-refractivity contribution in [2.75, 3.05) is 5.84 Å². The lowest BCUT2D eigenvalue weighted by atomic mass is 10.4. The topological polar surface area (TPSA) is 99.0 Å². The van der Waals surface area contributed by atoms with Crippen molar-refractivity contribution in [1.29, 1.82) is 0 Å². The highest BCUT2D eigenvalue weighted by molar-refractivity contribution is 8.00. The predicted octanol–water partition coefficient (Wildman–Crippen LogP) is 1.26. The second-order valence-electron chi connectivity index (χ2n) is 5.04. The standard InChI is InChI=1S/C13H17N5O2S/c1-8(12(19)15-7-10-3-2-6-20-10)21-13-17-16-11(18(13)14)9-4-5-9/h2-3,6,8-9H,4-5,7,14H2,1H3,(H,15,19)/t8-/m0/s1. The maximum atomic E-state index is 12.0. The van der Waals surface area contributed by atoms with Gasteiger partial charge in [-0.05, 0) is 31.9 Å². The summed E-state index contributed by atoms with van der Waals surface area (Å²) in [6.07, 6.45) is 3.80. The number of hydrogen-bond donors (Lipinski definition) is 2. The maximum absolute atomic E-state index is 12.0. The molecular weight excluding hydrogens is 290 g/mol. The molecule has 2 aromatic heterocycles. The molecule has 0 unspecified atom stereocenters. The van der Waals surface area contributed by atoms with Crippen molar-refractivity contribution in [3.8, 4) is 0 Å². The van der Waals surface area contributed by atoms with Crippen molar-refractivity contribution in [3.63, 3.8) is 0 Å². The molecule has 7 nitrogen and oxygen atoms in total. The van der Waals surface area contributed by atoms with E-state index in [4.69, 9.17) is 10.3 Å². The number of carbonyl (C=O) groups is 1. The van der Waals surface area contributed by atoms with Gasteiger partial charge in [-0.15, -0.1) is 10.2 Å². The Morgan fingerprint density at radius 2 is 2.43 bits per heavy atom. The first-order valence-corrected chi connectivity index (χ1v) is 7.70. The molecule has 3 N–H and O–H groups in total. The summed E-state index contributed by atoms with van der Waals surface area (Å²) in [5, 5.41) is 11.2. The fourth-order valence-corrected chi connectivity index (χ4v) is 2.73. The molecule has 2 aromatic rings. The van der Waals surface area contributed by atoms with E-state index in [2.05, 4.69) is 15.5 Å². The predicted molar refractivity (Wildman–Crippen MR) is 78.0 cm³/mol. The SMILES string of the molecule is C[C@H](Sc1nnc(C2CC2)n1N)C(=O)NCc1ccco1. The molecule has 1 fully saturated rings. The van der Waals surface area contributed by atoms with E-state index in [0.29, 0.717) is 17.6 Å². The van der Waals surface area contributed by atoms with Crippen LogP contribution >= 0.6 is 11.8 Å². The molecular formula is C13H17N5O2S. The highest BCUT2D eigenvalue weighted by Crippen LogP contribution is 2.39. The minimum absolute atomic E-state index is 0.0904. The van der Waals surface area contributed by atoms with Gasteiger partial charge in [0.15, 0.2) is 5.82 Å². The van der Waals surface area contributed by atoms with E-state index in [1.165, 1.54) is 16.4 Å². The van der Waals surface area contributed by atoms with Crippen molar-refractivity contribution in [2.45, 2.75) is 42.6 Å². The molecule has 0 spiro atoms. The lowest BCUT2D eigenvalue weighted by molar-refractivity contribution is -0.120. The minimum Gasteiger partial charge on any atom is -0.467 e. The van der Waals surface area contributed by atoms with Gasteiger partial charge in [0, 0.05) is 5.92 Å². The second-order valence-corrected chi connectivity index (χ2v) is 6.35. The number of nitrogens with two attached hydrogens (primary N) is 1. The molecule has 0 aromatic carbocycles. The van der Waals surface area contributed by atoms with Crippen LogP contribution in [-0.2, 0) is 11.3 Å². The summed E-state index contributed by atoms with van der Waals surface area (Å²) in [4.78, 5) is 12.0. The molecule has 0 saturated heterocycles. The number of aromatic nitrogens is 3. The highest BCUT2D eigenvalue weighted by Gasteiger charge is 2.30. The Morgan fingerprint density at radius 1 is 1.62 bits per heavy atom. The summed E-state index contributed by atoms with van der Waals surface area (Å²) in [6.45, 7) is 2.19. The van der Waals surface area contributed by atoms with E-state index in [1.807, 2.05) is 13.0 Å². The minimum atomic E-state index is -0.307. The quantitative estimate of drug-likeness (QED) is 0.616. The van der Waals surface area contributed by atoms with Crippen LogP contribution < -0.4 is 11.2 Å². The van der Waals surface area contributed by atoms with Crippen LogP contribution in [0.4, 0.5) is 0 Å². The van der Waals surface area contributed by atoms with Crippen molar-refractivity contribution < 1.29 is 9.21 Å². The molecule has 1 atom stereocenters. The largest absolute Gasteiger partial charge is 0.467 e. The molecule has 1 aliphatic carbocycles. The van der Waals surface area contributed by atoms with Crippen molar-refractivity contribution >= 4 is 17.7 Å². The summed E-state index contributed by atoms with van der Waals surface area (Å²) in [6, 6.07) is 3.60. The summed E-state index contributed by atoms with van der Waals surface area (Å²) in [5.41, 5.74) is 0. The number of hydrogen-bond acceptors (Lipinski definition) is 6. The van der Waals surface area contributed by atoms with Crippen LogP contribution in [0, 0.1) is 0 Å². The fraction of sp³-hybridized carbons (Fsp3) is 0.462. The number of nitrogens with one attached hydrogen (secondary N) is 1. The third-order valence-corrected chi connectivity index (χ3v) is 4.36. The average Bonchev–Trinajstić information content (AvgIpc) is 3.06. The Morgan fingerprint density at radius 3 is 3.10 bits per heavy atom. The Labute approximate surface area is 126 Å². The first-order chi connectivity index (χ1) is 10.1. The molecule has 2 heterocycles. The van der Waals surface area contributed by atoms with Gasteiger partial charge >= 0.3 is 0 Å². The average molecular weight is 307 g/mol. The van der Waals surface area contributed by atoms with Gasteiger partial charge in [-0.2, -0.15) is 0 Å². The Hall–Kier alpha value is -1.96. The fourth-order valence-electron chi connectivity index (χ4n) is 1.93. The molecule has 1 amide bonds. The van der Waals surface area contributed by atoms with E-state index >= 15 is 0 Å². The van der Waals surface area contributed by atoms with Gasteiger partial charge in [-0.1, -0.05) is 11.8 Å². The zero-order valence-electron chi connectivity index (χ0n) is 11.7. The normalized spacial score (nSPS) is 15.9. The van der Waals surface area contributed by atoms with E-state index < -0.39 is 0 Å². The molecule has 3 rings (SSSR count). The zero-order chi connectivity index (χ0) is 14.8. The second kappa shape index (κ2) is 5.80. The first-order valence-electron chi connectivity index (χ1n) is 6.82. The van der Waals surface area contributed by atoms with E-state index in [-0.39, 0.29) is 11.2 Å². The zero-order valence-corrected chi connectivity index (χ0v) is 12.5. The Balaban J connectivity index is 1.55. The van der Waals surface area contributed by atoms with Gasteiger partial charge in [-0.25, -0.2) is 4.68 Å². The van der Waals surface area contributed by atoms with Gasteiger partial charge in [0.1, 0.15) is 5.76 Å². The van der Waals surface area contributed by atoms with Gasteiger partial charge in [0.2, 0.25) is 11.1 Å². The third-order valence-electron chi connectivity index (χ3n) is 3.30. The lowest BCUT2D eigenvalue weighted by Crippen LogP contribution is -2.30. The van der Waals surface area contributed by atoms with E-state index in [0.717, 1.165) is 24.4 Å². The van der Waals surface area contributed by atoms with Crippen LogP contribution in [0.5, 0.6) is 0 Å². The number of carbonyl (C=O) groups excluding carboxylic acids is 1. The van der Waals surface area contributed by atoms with Gasteiger partial charge < -0.3 is 15.6 Å². The van der Waals surface area contributed by atoms with Crippen molar-refractivity contribution in [2.24, 2.45) is 0 Å². The molecule has 1 aliphatic rings. The molecule has 21 heavy (non-hydrogen) atoms. The van der Waals surface area contributed by atoms with Gasteiger partial charge in [0.25, 0.3) is 0 Å². The van der Waals surface area contributed by atoms with E-state index in [1.54, 1.807) is 12.3 Å². The summed E-state index contributed by atoms with van der Waals surface area (Å²) >= 11 is 1.30. The Bertz CT molecular complexity index is 621. The molecule has 8 heteroatoms. The Kier molecular flexibility index (Phi) is 3.87. The molecule has 112 valence electrons. The molecule has 0 aliphatic heterocycles. The number of furan rings is 1. The number of nitrogens with zero attached hydrogens (tertiary/aromatic N) is 3. The summed E-state index contributed by atoms with van der Waals surface area (Å²) < 4.78 is 6.67. The summed E-state index contributed by atoms with van der Waals surface area (Å²) in [5.74, 6) is 7.84. The van der Waals surface area contributed by atoms with Crippen LogP contribution in [0.15, 0.2) is 28.0 Å². The highest BCUT2D eigenvalue weighted by atomic mass is 32.2. The maximum Gasteiger partial charge on any atom is 0.233 e. The number of amides is 1. The van der Waals surface area contributed by atoms with Gasteiger partial charge in [0.05, 0.1) is 18.1 Å². The van der Waals surface area contributed by atoms with E-state index in [9.17, 15) is 4.79 Å². The van der Waals surface area contributed by atoms with Crippen LogP contribution in [0.25, 0.3) is 0 Å². The van der Waals surface area contributed by atoms with Crippen LogP contribution in [0.1, 0.15) is 37.3 Å². The molecule has 0 bridgehead atoms. The van der Waals surface area contributed by atoms with Crippen molar-refractivity contribution in [3.05, 3.63) is 30.0 Å². The number of nitrogen functional groups attached to an aromatic ring is 1. The third kappa shape index (κ3) is 3.21. The van der Waals surface area contributed by atoms with Crippen LogP contribution in [-0.4, -0.2) is 26.0 Å². The first kappa shape index (κ1) is 14.0. The molecule has 1 saturated carbocycles. The smallest absolute Gasteiger partial charge is 0.233 e. The monoisotopic (exact) mass is 307 g/mol. The van der Waals surface area contributed by atoms with Crippen LogP contribution in [0.3, 0.4) is 0 Å². The summed E-state index contributed by atoms with van der Waals surface area (Å²) in [7, 11) is 0.